The van der Waals surface area contributed by atoms with Crippen molar-refractivity contribution in [2.75, 3.05) is 18.0 Å². The molecule has 0 atom stereocenters. The van der Waals surface area contributed by atoms with E-state index in [1.807, 2.05) is 12.1 Å². The molecule has 142 valence electrons. The Hall–Kier alpha value is -2.71. The Morgan fingerprint density at radius 2 is 1.75 bits per heavy atom. The minimum Gasteiger partial charge on any atom is -0.356 e. The first-order valence-corrected chi connectivity index (χ1v) is 10.8. The molecule has 0 amide bonds. The third-order valence-corrected chi connectivity index (χ3v) is 6.87. The van der Waals surface area contributed by atoms with E-state index in [0.29, 0.717) is 10.8 Å². The predicted octanol–water partition coefficient (Wildman–Crippen LogP) is 3.36. The number of anilines is 1. The van der Waals surface area contributed by atoms with Crippen molar-refractivity contribution >= 4 is 43.8 Å². The summed E-state index contributed by atoms with van der Waals surface area (Å²) >= 11 is 6.22. The average Bonchev–Trinajstić information content (AvgIpc) is 3.38. The number of sulfone groups is 1. The van der Waals surface area contributed by atoms with Gasteiger partial charge in [0.15, 0.2) is 5.65 Å². The summed E-state index contributed by atoms with van der Waals surface area (Å²) in [6.45, 7) is 1.74. The maximum atomic E-state index is 13.1. The summed E-state index contributed by atoms with van der Waals surface area (Å²) < 4.78 is 27.8. The first-order chi connectivity index (χ1) is 13.6. The van der Waals surface area contributed by atoms with Gasteiger partial charge in [-0.15, -0.1) is 5.10 Å². The molecular weight excluding hydrogens is 398 g/mol. The first kappa shape index (κ1) is 17.4. The molecule has 0 N–H and O–H groups in total. The normalized spacial score (nSPS) is 15.0. The highest BCUT2D eigenvalue weighted by atomic mass is 35.5. The maximum absolute atomic E-state index is 13.1. The lowest BCUT2D eigenvalue weighted by molar-refractivity contribution is 0.592. The van der Waals surface area contributed by atoms with E-state index in [1.54, 1.807) is 36.4 Å². The fraction of sp³-hybridized carbons (Fsp3) is 0.211. The fourth-order valence-electron chi connectivity index (χ4n) is 3.61. The van der Waals surface area contributed by atoms with Crippen LogP contribution in [0.25, 0.3) is 16.6 Å². The molecule has 1 saturated heterocycles. The lowest BCUT2D eigenvalue weighted by atomic mass is 10.2. The van der Waals surface area contributed by atoms with Gasteiger partial charge in [-0.2, -0.15) is 4.52 Å². The molecule has 1 aliphatic heterocycles. The Morgan fingerprint density at radius 3 is 2.50 bits per heavy atom. The number of benzene rings is 2. The van der Waals surface area contributed by atoms with Crippen LogP contribution in [0.15, 0.2) is 58.5 Å². The van der Waals surface area contributed by atoms with Crippen molar-refractivity contribution in [2.45, 2.75) is 22.8 Å². The van der Waals surface area contributed by atoms with Gasteiger partial charge in [-0.1, -0.05) is 35.0 Å². The highest BCUT2D eigenvalue weighted by molar-refractivity contribution is 7.91. The molecule has 9 heteroatoms. The Morgan fingerprint density at radius 1 is 1.00 bits per heavy atom. The molecule has 3 heterocycles. The van der Waals surface area contributed by atoms with Gasteiger partial charge in [0.2, 0.25) is 14.9 Å². The monoisotopic (exact) mass is 413 g/mol. The van der Waals surface area contributed by atoms with Gasteiger partial charge in [0.1, 0.15) is 5.82 Å². The molecule has 2 aromatic heterocycles. The van der Waals surface area contributed by atoms with Gasteiger partial charge >= 0.3 is 0 Å². The van der Waals surface area contributed by atoms with Gasteiger partial charge in [0.05, 0.1) is 10.4 Å². The molecular formula is C19H16ClN5O2S. The number of halogens is 1. The number of nitrogens with zero attached hydrogens (tertiary/aromatic N) is 5. The van der Waals surface area contributed by atoms with E-state index in [1.165, 1.54) is 4.52 Å². The van der Waals surface area contributed by atoms with Crippen LogP contribution in [0.4, 0.5) is 5.82 Å². The number of hydrogen-bond donors (Lipinski definition) is 0. The molecule has 1 aliphatic rings. The Balaban J connectivity index is 1.82. The molecule has 0 radical (unpaired) electrons. The van der Waals surface area contributed by atoms with Gasteiger partial charge in [-0.25, -0.2) is 13.4 Å². The average molecular weight is 414 g/mol. The first-order valence-electron chi connectivity index (χ1n) is 8.95. The van der Waals surface area contributed by atoms with Crippen LogP contribution < -0.4 is 4.90 Å². The molecule has 0 spiro atoms. The van der Waals surface area contributed by atoms with Gasteiger partial charge in [0.25, 0.3) is 0 Å². The fourth-order valence-corrected chi connectivity index (χ4v) is 5.04. The lowest BCUT2D eigenvalue weighted by Gasteiger charge is -2.19. The summed E-state index contributed by atoms with van der Waals surface area (Å²) in [4.78, 5) is 7.03. The molecule has 2 aromatic carbocycles. The van der Waals surface area contributed by atoms with E-state index in [-0.39, 0.29) is 15.6 Å². The largest absolute Gasteiger partial charge is 0.356 e. The van der Waals surface area contributed by atoms with Crippen molar-refractivity contribution in [3.05, 3.63) is 53.6 Å². The van der Waals surface area contributed by atoms with Crippen LogP contribution in [0.2, 0.25) is 5.02 Å². The van der Waals surface area contributed by atoms with Crippen molar-refractivity contribution < 1.29 is 8.42 Å². The lowest BCUT2D eigenvalue weighted by Crippen LogP contribution is -2.20. The van der Waals surface area contributed by atoms with E-state index in [0.717, 1.165) is 36.8 Å². The maximum Gasteiger partial charge on any atom is 0.229 e. The van der Waals surface area contributed by atoms with E-state index in [2.05, 4.69) is 15.2 Å². The quantitative estimate of drug-likeness (QED) is 0.512. The third-order valence-electron chi connectivity index (χ3n) is 4.97. The van der Waals surface area contributed by atoms with Crippen LogP contribution in [0.3, 0.4) is 0 Å². The highest BCUT2D eigenvalue weighted by Crippen LogP contribution is 2.32. The predicted molar refractivity (Wildman–Crippen MR) is 107 cm³/mol. The summed E-state index contributed by atoms with van der Waals surface area (Å²) in [6, 6.07) is 13.6. The zero-order chi connectivity index (χ0) is 19.3. The second-order valence-electron chi connectivity index (χ2n) is 6.74. The minimum atomic E-state index is -3.84. The van der Waals surface area contributed by atoms with Gasteiger partial charge < -0.3 is 4.90 Å². The van der Waals surface area contributed by atoms with Crippen LogP contribution in [-0.4, -0.2) is 41.3 Å². The minimum absolute atomic E-state index is 0.143. The molecule has 28 heavy (non-hydrogen) atoms. The summed E-state index contributed by atoms with van der Waals surface area (Å²) in [6.07, 6.45) is 2.14. The zero-order valence-electron chi connectivity index (χ0n) is 14.8. The van der Waals surface area contributed by atoms with E-state index in [4.69, 9.17) is 16.6 Å². The Kier molecular flexibility index (Phi) is 3.99. The van der Waals surface area contributed by atoms with Crippen molar-refractivity contribution in [1.29, 1.82) is 0 Å². The molecule has 0 unspecified atom stereocenters. The zero-order valence-corrected chi connectivity index (χ0v) is 16.4. The molecule has 1 fully saturated rings. The summed E-state index contributed by atoms with van der Waals surface area (Å²) in [7, 11) is -3.84. The van der Waals surface area contributed by atoms with Crippen molar-refractivity contribution in [3.8, 4) is 0 Å². The second kappa shape index (κ2) is 6.42. The molecule has 0 aliphatic carbocycles. The summed E-state index contributed by atoms with van der Waals surface area (Å²) in [5, 5.41) is 9.37. The van der Waals surface area contributed by atoms with Crippen LogP contribution in [-0.2, 0) is 9.84 Å². The molecule has 0 saturated carbocycles. The van der Waals surface area contributed by atoms with E-state index < -0.39 is 9.84 Å². The summed E-state index contributed by atoms with van der Waals surface area (Å²) in [5.41, 5.74) is 0.943. The number of rotatable bonds is 3. The Bertz CT molecular complexity index is 1300. The molecule has 5 rings (SSSR count). The topological polar surface area (TPSA) is 80.5 Å². The molecule has 4 aromatic rings. The number of fused-ring (bicyclic) bond motifs is 3. The number of hydrogen-bond acceptors (Lipinski definition) is 6. The Labute approximate surface area is 166 Å². The van der Waals surface area contributed by atoms with Crippen molar-refractivity contribution in [2.24, 2.45) is 0 Å². The highest BCUT2D eigenvalue weighted by Gasteiger charge is 2.28. The summed E-state index contributed by atoms with van der Waals surface area (Å²) in [5.74, 6) is 0.717. The van der Waals surface area contributed by atoms with Crippen LogP contribution >= 0.6 is 11.6 Å². The standard InChI is InChI=1S/C19H16ClN5O2S/c20-13-8-9-16-15(12-13)17(24-10-4-5-11-24)21-18-19(22-23-25(16)18)28(26,27)14-6-2-1-3-7-14/h1-3,6-9,12H,4-5,10-11H2. The molecule has 0 bridgehead atoms. The van der Waals surface area contributed by atoms with Gasteiger partial charge in [0, 0.05) is 23.5 Å². The van der Waals surface area contributed by atoms with Crippen LogP contribution in [0.5, 0.6) is 0 Å². The number of aromatic nitrogens is 4. The SMILES string of the molecule is O=S(=O)(c1ccccc1)c1nnn2c1nc(N1CCCC1)c1cc(Cl)ccc12. The third kappa shape index (κ3) is 2.63. The van der Waals surface area contributed by atoms with Crippen LogP contribution in [0, 0.1) is 0 Å². The second-order valence-corrected chi connectivity index (χ2v) is 9.04. The van der Waals surface area contributed by atoms with E-state index in [9.17, 15) is 8.42 Å². The van der Waals surface area contributed by atoms with Crippen molar-refractivity contribution in [1.82, 2.24) is 19.8 Å². The van der Waals surface area contributed by atoms with Crippen LogP contribution in [0.1, 0.15) is 12.8 Å². The van der Waals surface area contributed by atoms with Gasteiger partial charge in [-0.3, -0.25) is 0 Å². The van der Waals surface area contributed by atoms with E-state index >= 15 is 0 Å². The van der Waals surface area contributed by atoms with Gasteiger partial charge in [-0.05, 0) is 43.2 Å². The van der Waals surface area contributed by atoms with Crippen molar-refractivity contribution in [3.63, 3.8) is 0 Å². The smallest absolute Gasteiger partial charge is 0.229 e. The molecule has 7 nitrogen and oxygen atoms in total.